The first-order chi connectivity index (χ1) is 18.6. The molecule has 4 atom stereocenters. The summed E-state index contributed by atoms with van der Waals surface area (Å²) in [5, 5.41) is 5.24. The molecule has 2 fully saturated rings. The van der Waals surface area contributed by atoms with Crippen LogP contribution in [0.4, 0.5) is 10.6 Å². The average molecular weight is 559 g/mol. The molecule has 0 unspecified atom stereocenters. The van der Waals surface area contributed by atoms with Gasteiger partial charge in [-0.3, -0.25) is 19.2 Å². The molecule has 1 aromatic heterocycles. The van der Waals surface area contributed by atoms with Crippen molar-refractivity contribution in [2.24, 2.45) is 11.7 Å². The highest BCUT2D eigenvalue weighted by molar-refractivity contribution is 6.03. The fourth-order valence-electron chi connectivity index (χ4n) is 5.08. The van der Waals surface area contributed by atoms with Gasteiger partial charge in [0.2, 0.25) is 23.3 Å². The minimum Gasteiger partial charge on any atom is -0.472 e. The minimum atomic E-state index is -1.54. The maximum atomic E-state index is 14.0. The third-order valence-electron chi connectivity index (χ3n) is 7.34. The van der Waals surface area contributed by atoms with Crippen LogP contribution in [0.15, 0.2) is 12.1 Å². The summed E-state index contributed by atoms with van der Waals surface area (Å²) < 4.78 is 11.3. The number of hydrogen-bond donors (Lipinski definition) is 3. The smallest absolute Gasteiger partial charge is 0.408 e. The number of aryl methyl sites for hydroxylation is 1. The Hall–Kier alpha value is -3.90. The molecule has 3 heterocycles. The van der Waals surface area contributed by atoms with E-state index in [0.29, 0.717) is 17.9 Å². The van der Waals surface area contributed by atoms with Crippen molar-refractivity contribution in [3.63, 3.8) is 0 Å². The lowest BCUT2D eigenvalue weighted by Gasteiger charge is -2.35. The number of alkyl carbamates (subject to hydrolysis) is 1. The van der Waals surface area contributed by atoms with Crippen LogP contribution < -0.4 is 21.1 Å². The van der Waals surface area contributed by atoms with E-state index in [9.17, 15) is 24.0 Å². The number of carbonyl (C=O) groups excluding carboxylic acids is 5. The number of likely N-dealkylation sites (N-methyl/N-ethyl adjacent to an activating group) is 1. The van der Waals surface area contributed by atoms with Crippen LogP contribution >= 0.6 is 0 Å². The van der Waals surface area contributed by atoms with Gasteiger partial charge in [0.25, 0.3) is 5.91 Å². The van der Waals surface area contributed by atoms with Gasteiger partial charge < -0.3 is 35.6 Å². The molecule has 4 rings (SSSR count). The van der Waals surface area contributed by atoms with Gasteiger partial charge in [0.1, 0.15) is 23.7 Å². The van der Waals surface area contributed by atoms with Crippen LogP contribution in [-0.4, -0.2) is 87.4 Å². The second-order valence-electron chi connectivity index (χ2n) is 12.0. The quantitative estimate of drug-likeness (QED) is 0.446. The number of nitrogens with two attached hydrogens (primary N) is 1. The van der Waals surface area contributed by atoms with E-state index in [0.717, 1.165) is 12.8 Å². The summed E-state index contributed by atoms with van der Waals surface area (Å²) in [6.45, 7) is 8.18. The van der Waals surface area contributed by atoms with Gasteiger partial charge in [-0.2, -0.15) is 0 Å². The van der Waals surface area contributed by atoms with Crippen LogP contribution in [0.5, 0.6) is 5.75 Å². The third kappa shape index (κ3) is 6.13. The van der Waals surface area contributed by atoms with Gasteiger partial charge in [-0.15, -0.1) is 0 Å². The highest BCUT2D eigenvalue weighted by atomic mass is 16.6. The number of fused-ring (bicyclic) bond motifs is 1. The minimum absolute atomic E-state index is 0.141. The highest BCUT2D eigenvalue weighted by Gasteiger charge is 2.58. The van der Waals surface area contributed by atoms with Crippen molar-refractivity contribution in [2.45, 2.75) is 89.6 Å². The third-order valence-corrected chi connectivity index (χ3v) is 7.34. The standard InChI is InChI=1S/C27H38N6O7/c1-14-7-10-19-21(29-14)31-24(37)27(39-19)12-18(20(28)34)33(13-27)23(36)17(11-16-8-9-16)32(6)22(35)15(2)30-25(38)40-26(3,4)5/h7,10,15-18H,8-9,11-13H2,1-6H3,(H2,28,34)(H,30,38)(H,29,31,37)/t15-,17-,18-,27+/m0/s1. The number of likely N-dealkylation sites (tertiary alicyclic amines) is 1. The number of nitrogens with zero attached hydrogens (tertiary/aromatic N) is 3. The van der Waals surface area contributed by atoms with Crippen LogP contribution in [0.3, 0.4) is 0 Å². The molecule has 1 aliphatic carbocycles. The molecule has 3 aliphatic rings. The molecule has 0 bridgehead atoms. The Morgan fingerprint density at radius 3 is 2.58 bits per heavy atom. The monoisotopic (exact) mass is 558 g/mol. The topological polar surface area (TPSA) is 173 Å². The Bertz CT molecular complexity index is 1230. The number of hydrogen-bond acceptors (Lipinski definition) is 8. The number of pyridine rings is 1. The Labute approximate surface area is 233 Å². The average Bonchev–Trinajstić information content (AvgIpc) is 3.59. The van der Waals surface area contributed by atoms with E-state index >= 15 is 0 Å². The number of aromatic nitrogens is 1. The predicted molar refractivity (Wildman–Crippen MR) is 143 cm³/mol. The van der Waals surface area contributed by atoms with Crippen molar-refractivity contribution in [1.29, 1.82) is 0 Å². The molecule has 5 amide bonds. The largest absolute Gasteiger partial charge is 0.472 e. The second-order valence-corrected chi connectivity index (χ2v) is 12.0. The molecule has 13 nitrogen and oxygen atoms in total. The first-order valence-electron chi connectivity index (χ1n) is 13.4. The Kier molecular flexibility index (Phi) is 7.70. The van der Waals surface area contributed by atoms with Crippen molar-refractivity contribution in [3.05, 3.63) is 17.8 Å². The lowest BCUT2D eigenvalue weighted by Crippen LogP contribution is -2.57. The first kappa shape index (κ1) is 29.1. The van der Waals surface area contributed by atoms with Gasteiger partial charge in [0.05, 0.1) is 6.54 Å². The van der Waals surface area contributed by atoms with Crippen molar-refractivity contribution in [1.82, 2.24) is 20.1 Å². The van der Waals surface area contributed by atoms with E-state index in [1.807, 2.05) is 0 Å². The fraction of sp³-hybridized carbons (Fsp3) is 0.630. The maximum absolute atomic E-state index is 14.0. The van der Waals surface area contributed by atoms with Gasteiger partial charge in [-0.05, 0) is 59.1 Å². The Balaban J connectivity index is 1.55. The summed E-state index contributed by atoms with van der Waals surface area (Å²) in [5.74, 6) is -1.51. The molecule has 13 heteroatoms. The fourth-order valence-corrected chi connectivity index (χ4v) is 5.08. The molecule has 0 aromatic carbocycles. The van der Waals surface area contributed by atoms with E-state index in [1.165, 1.54) is 23.8 Å². The summed E-state index contributed by atoms with van der Waals surface area (Å²) in [6.07, 6.45) is 1.30. The predicted octanol–water partition coefficient (Wildman–Crippen LogP) is 1.09. The first-order valence-corrected chi connectivity index (χ1v) is 13.4. The summed E-state index contributed by atoms with van der Waals surface area (Å²) in [7, 11) is 1.49. The Morgan fingerprint density at radius 1 is 1.30 bits per heavy atom. The number of ether oxygens (including phenoxy) is 2. The van der Waals surface area contributed by atoms with E-state index in [-0.39, 0.29) is 24.7 Å². The number of amides is 5. The van der Waals surface area contributed by atoms with E-state index in [2.05, 4.69) is 15.6 Å². The number of primary amides is 1. The van der Waals surface area contributed by atoms with Gasteiger partial charge in [-0.1, -0.05) is 12.8 Å². The lowest BCUT2D eigenvalue weighted by atomic mass is 9.97. The number of anilines is 1. The molecular formula is C27H38N6O7. The zero-order valence-electron chi connectivity index (χ0n) is 23.8. The van der Waals surface area contributed by atoms with Crippen molar-refractivity contribution >= 4 is 35.5 Å². The normalized spacial score (nSPS) is 23.4. The van der Waals surface area contributed by atoms with E-state index in [1.54, 1.807) is 39.8 Å². The van der Waals surface area contributed by atoms with Crippen LogP contribution in [0.25, 0.3) is 0 Å². The van der Waals surface area contributed by atoms with E-state index in [4.69, 9.17) is 15.2 Å². The molecule has 1 saturated carbocycles. The SMILES string of the molecule is Cc1ccc2c(n1)NC(=O)[C@]1(C[C@@H](C(N)=O)N(C(=O)[C@H](CC3CC3)N(C)C(=O)[C@H](C)NC(=O)OC(C)(C)C)C1)O2. The van der Waals surface area contributed by atoms with E-state index < -0.39 is 59.0 Å². The lowest BCUT2D eigenvalue weighted by molar-refractivity contribution is -0.148. The number of rotatable bonds is 7. The molecule has 0 radical (unpaired) electrons. The maximum Gasteiger partial charge on any atom is 0.408 e. The number of nitrogens with one attached hydrogen (secondary N) is 2. The van der Waals surface area contributed by atoms with Gasteiger partial charge >= 0.3 is 6.09 Å². The van der Waals surface area contributed by atoms with Crippen LogP contribution in [0.1, 0.15) is 59.1 Å². The highest BCUT2D eigenvalue weighted by Crippen LogP contribution is 2.41. The summed E-state index contributed by atoms with van der Waals surface area (Å²) >= 11 is 0. The number of carbonyl (C=O) groups is 5. The molecule has 1 spiro atoms. The second kappa shape index (κ2) is 10.6. The zero-order valence-corrected chi connectivity index (χ0v) is 23.8. The Morgan fingerprint density at radius 2 is 1.98 bits per heavy atom. The summed E-state index contributed by atoms with van der Waals surface area (Å²) in [6, 6.07) is 0.353. The van der Waals surface area contributed by atoms with Crippen LogP contribution in [0, 0.1) is 12.8 Å². The summed E-state index contributed by atoms with van der Waals surface area (Å²) in [4.78, 5) is 72.2. The molecule has 1 saturated heterocycles. The van der Waals surface area contributed by atoms with Crippen molar-refractivity contribution < 1.29 is 33.4 Å². The molecule has 218 valence electrons. The molecule has 1 aromatic rings. The van der Waals surface area contributed by atoms with Crippen molar-refractivity contribution in [2.75, 3.05) is 18.9 Å². The van der Waals surface area contributed by atoms with Gasteiger partial charge in [-0.25, -0.2) is 9.78 Å². The van der Waals surface area contributed by atoms with Crippen LogP contribution in [0.2, 0.25) is 0 Å². The molecule has 40 heavy (non-hydrogen) atoms. The van der Waals surface area contributed by atoms with Crippen LogP contribution in [-0.2, 0) is 23.9 Å². The molecular weight excluding hydrogens is 520 g/mol. The van der Waals surface area contributed by atoms with Crippen molar-refractivity contribution in [3.8, 4) is 5.75 Å². The summed E-state index contributed by atoms with van der Waals surface area (Å²) in [5.41, 5.74) is 4.10. The van der Waals surface area contributed by atoms with Gasteiger partial charge in [0, 0.05) is 19.2 Å². The molecule has 2 aliphatic heterocycles. The van der Waals surface area contributed by atoms with Gasteiger partial charge in [0.15, 0.2) is 11.6 Å². The zero-order chi connectivity index (χ0) is 29.6. The molecule has 4 N–H and O–H groups in total.